The molecule has 0 unspecified atom stereocenters. The number of hydrogen-bond acceptors (Lipinski definition) is 4. The number of halogens is 1. The number of nitrogens with zero attached hydrogens (tertiary/aromatic N) is 2. The molecule has 0 spiro atoms. The normalized spacial score (nSPS) is 26.4. The van der Waals surface area contributed by atoms with Gasteiger partial charge in [0.25, 0.3) is 0 Å². The number of fused-ring (bicyclic) bond motifs is 2. The van der Waals surface area contributed by atoms with Crippen molar-refractivity contribution in [2.24, 2.45) is 11.7 Å². The van der Waals surface area contributed by atoms with E-state index in [9.17, 15) is 4.39 Å². The highest BCUT2D eigenvalue weighted by molar-refractivity contribution is 5.69. The molecule has 0 amide bonds. The molecule has 150 valence electrons. The molecule has 2 aromatic rings. The van der Waals surface area contributed by atoms with Gasteiger partial charge < -0.3 is 10.5 Å². The van der Waals surface area contributed by atoms with E-state index in [4.69, 9.17) is 15.7 Å². The Bertz CT molecular complexity index is 965. The molecular weight excluding hydrogens is 365 g/mol. The van der Waals surface area contributed by atoms with Crippen LogP contribution in [0.1, 0.15) is 36.0 Å². The molecular formula is C24H26FN3O. The summed E-state index contributed by atoms with van der Waals surface area (Å²) >= 11 is 0. The quantitative estimate of drug-likeness (QED) is 0.846. The summed E-state index contributed by atoms with van der Waals surface area (Å²) in [7, 11) is 0. The van der Waals surface area contributed by atoms with E-state index in [1.165, 1.54) is 30.0 Å². The number of hydrogen-bond donors (Lipinski definition) is 1. The van der Waals surface area contributed by atoms with Crippen LogP contribution in [0.5, 0.6) is 0 Å². The lowest BCUT2D eigenvalue weighted by atomic mass is 9.89. The topological polar surface area (TPSA) is 62.3 Å². The summed E-state index contributed by atoms with van der Waals surface area (Å²) in [5, 5.41) is 9.05. The van der Waals surface area contributed by atoms with Gasteiger partial charge in [-0.05, 0) is 66.1 Å². The second kappa shape index (κ2) is 7.53. The second-order valence-electron chi connectivity index (χ2n) is 8.78. The Labute approximate surface area is 171 Å². The molecule has 0 radical (unpaired) electrons. The van der Waals surface area contributed by atoms with Crippen molar-refractivity contribution in [1.29, 1.82) is 5.26 Å². The molecule has 5 heteroatoms. The molecule has 2 N–H and O–H groups in total. The minimum absolute atomic E-state index is 0.0847. The number of ether oxygens (including phenoxy) is 1. The zero-order valence-electron chi connectivity index (χ0n) is 16.5. The first-order valence-electron chi connectivity index (χ1n) is 10.5. The van der Waals surface area contributed by atoms with Crippen LogP contribution in [0.4, 0.5) is 4.39 Å². The first kappa shape index (κ1) is 18.7. The molecule has 0 saturated carbocycles. The van der Waals surface area contributed by atoms with Crippen molar-refractivity contribution in [3.05, 3.63) is 58.9 Å². The Hall–Kier alpha value is -2.26. The van der Waals surface area contributed by atoms with E-state index in [0.29, 0.717) is 24.0 Å². The van der Waals surface area contributed by atoms with Crippen LogP contribution in [0.3, 0.4) is 0 Å². The van der Waals surface area contributed by atoms with Crippen LogP contribution < -0.4 is 5.73 Å². The molecule has 3 aliphatic heterocycles. The van der Waals surface area contributed by atoms with E-state index >= 15 is 0 Å². The van der Waals surface area contributed by atoms with Gasteiger partial charge in [-0.1, -0.05) is 18.2 Å². The van der Waals surface area contributed by atoms with Crippen LogP contribution in [0.2, 0.25) is 0 Å². The van der Waals surface area contributed by atoms with Crippen molar-refractivity contribution in [1.82, 2.24) is 4.90 Å². The summed E-state index contributed by atoms with van der Waals surface area (Å²) in [6, 6.07) is 14.8. The number of nitriles is 1. The second-order valence-corrected chi connectivity index (χ2v) is 8.78. The Balaban J connectivity index is 1.47. The molecule has 5 rings (SSSR count). The van der Waals surface area contributed by atoms with Gasteiger partial charge >= 0.3 is 0 Å². The predicted octanol–water partition coefficient (Wildman–Crippen LogP) is 3.62. The van der Waals surface area contributed by atoms with Crippen LogP contribution >= 0.6 is 0 Å². The van der Waals surface area contributed by atoms with Crippen molar-refractivity contribution in [3.63, 3.8) is 0 Å². The maximum absolute atomic E-state index is 14.3. The summed E-state index contributed by atoms with van der Waals surface area (Å²) in [5.74, 6) is 0.0622. The van der Waals surface area contributed by atoms with Crippen LogP contribution in [-0.4, -0.2) is 36.2 Å². The molecule has 3 atom stereocenters. The van der Waals surface area contributed by atoms with Gasteiger partial charge in [-0.15, -0.1) is 0 Å². The van der Waals surface area contributed by atoms with E-state index in [1.807, 2.05) is 12.1 Å². The molecule has 2 bridgehead atoms. The highest BCUT2D eigenvalue weighted by Gasteiger charge is 2.44. The molecule has 3 fully saturated rings. The summed E-state index contributed by atoms with van der Waals surface area (Å²) < 4.78 is 19.7. The maximum Gasteiger partial charge on any atom is 0.141 e. The standard InChI is InChI=1S/C24H26FN3O/c25-22-9-18(3-4-19(22)11-26)21-8-15(1-2-17(21)7-16-13-29-14-16)12-28-20-5-6-24(28)23(27)10-20/h1-4,8-9,16,20,23-24H,5-7,10,12-14,27H2/t20-,23+,24+/m1/s1. The average Bonchev–Trinajstić information content (AvgIpc) is 3.20. The monoisotopic (exact) mass is 391 g/mol. The van der Waals surface area contributed by atoms with Crippen LogP contribution in [0, 0.1) is 23.1 Å². The zero-order valence-corrected chi connectivity index (χ0v) is 16.5. The fourth-order valence-electron chi connectivity index (χ4n) is 5.26. The van der Waals surface area contributed by atoms with E-state index < -0.39 is 5.82 Å². The van der Waals surface area contributed by atoms with Crippen molar-refractivity contribution < 1.29 is 9.13 Å². The van der Waals surface area contributed by atoms with Crippen molar-refractivity contribution in [3.8, 4) is 17.2 Å². The SMILES string of the molecule is N#Cc1ccc(-c2cc(CN3[C@@H]4CC[C@H]3[C@@H](N)C4)ccc2CC2COC2)cc1F. The Morgan fingerprint density at radius 3 is 2.66 bits per heavy atom. The van der Waals surface area contributed by atoms with Gasteiger partial charge in [0.15, 0.2) is 0 Å². The fraction of sp³-hybridized carbons (Fsp3) is 0.458. The highest BCUT2D eigenvalue weighted by atomic mass is 19.1. The largest absolute Gasteiger partial charge is 0.381 e. The summed E-state index contributed by atoms with van der Waals surface area (Å²) in [6.07, 6.45) is 4.46. The lowest BCUT2D eigenvalue weighted by molar-refractivity contribution is -0.0311. The third-order valence-electron chi connectivity index (χ3n) is 6.88. The smallest absolute Gasteiger partial charge is 0.141 e. The number of nitrogens with two attached hydrogens (primary N) is 1. The molecule has 29 heavy (non-hydrogen) atoms. The van der Waals surface area contributed by atoms with E-state index in [0.717, 1.165) is 43.7 Å². The van der Waals surface area contributed by atoms with Crippen molar-refractivity contribution >= 4 is 0 Å². The van der Waals surface area contributed by atoms with Gasteiger partial charge in [0.05, 0.1) is 18.8 Å². The van der Waals surface area contributed by atoms with E-state index in [2.05, 4.69) is 23.1 Å². The van der Waals surface area contributed by atoms with Crippen molar-refractivity contribution in [2.45, 2.75) is 50.4 Å². The van der Waals surface area contributed by atoms with Gasteiger partial charge in [0.1, 0.15) is 11.9 Å². The van der Waals surface area contributed by atoms with Crippen LogP contribution in [-0.2, 0) is 17.7 Å². The molecule has 3 heterocycles. The maximum atomic E-state index is 14.3. The molecule has 0 aromatic heterocycles. The zero-order chi connectivity index (χ0) is 20.0. The Morgan fingerprint density at radius 1 is 1.17 bits per heavy atom. The summed E-state index contributed by atoms with van der Waals surface area (Å²) in [4.78, 5) is 2.56. The lowest BCUT2D eigenvalue weighted by Gasteiger charge is -2.27. The first-order valence-corrected chi connectivity index (χ1v) is 10.5. The molecule has 2 aromatic carbocycles. The minimum Gasteiger partial charge on any atom is -0.381 e. The average molecular weight is 391 g/mol. The summed E-state index contributed by atoms with van der Waals surface area (Å²) in [6.45, 7) is 2.47. The fourth-order valence-corrected chi connectivity index (χ4v) is 5.26. The molecule has 0 aliphatic carbocycles. The van der Waals surface area contributed by atoms with Gasteiger partial charge in [-0.2, -0.15) is 5.26 Å². The minimum atomic E-state index is -0.461. The number of benzene rings is 2. The lowest BCUT2D eigenvalue weighted by Crippen LogP contribution is -2.36. The molecule has 4 nitrogen and oxygen atoms in total. The van der Waals surface area contributed by atoms with Crippen molar-refractivity contribution in [2.75, 3.05) is 13.2 Å². The Morgan fingerprint density at radius 2 is 2.03 bits per heavy atom. The van der Waals surface area contributed by atoms with Crippen LogP contribution in [0.15, 0.2) is 36.4 Å². The highest BCUT2D eigenvalue weighted by Crippen LogP contribution is 2.38. The third kappa shape index (κ3) is 3.46. The summed E-state index contributed by atoms with van der Waals surface area (Å²) in [5.41, 5.74) is 10.7. The van der Waals surface area contributed by atoms with Gasteiger partial charge in [0, 0.05) is 30.6 Å². The Kier molecular flexibility index (Phi) is 4.87. The molecule has 3 saturated heterocycles. The van der Waals surface area contributed by atoms with Gasteiger partial charge in [-0.25, -0.2) is 4.39 Å². The van der Waals surface area contributed by atoms with Gasteiger partial charge in [0.2, 0.25) is 0 Å². The van der Waals surface area contributed by atoms with Crippen LogP contribution in [0.25, 0.3) is 11.1 Å². The third-order valence-corrected chi connectivity index (χ3v) is 6.88. The molecule has 3 aliphatic rings. The predicted molar refractivity (Wildman–Crippen MR) is 110 cm³/mol. The first-order chi connectivity index (χ1) is 14.1. The number of rotatable bonds is 5. The van der Waals surface area contributed by atoms with E-state index in [1.54, 1.807) is 6.07 Å². The van der Waals surface area contributed by atoms with Gasteiger partial charge in [-0.3, -0.25) is 4.90 Å². The van der Waals surface area contributed by atoms with E-state index in [-0.39, 0.29) is 5.56 Å².